The average molecular weight is 243 g/mol. The van der Waals surface area contributed by atoms with Crippen LogP contribution >= 0.6 is 11.6 Å². The summed E-state index contributed by atoms with van der Waals surface area (Å²) in [6, 6.07) is 0. The third kappa shape index (κ3) is 2.85. The second-order valence-electron chi connectivity index (χ2n) is 4.31. The van der Waals surface area contributed by atoms with Crippen molar-refractivity contribution >= 4 is 17.4 Å². The van der Waals surface area contributed by atoms with Gasteiger partial charge in [-0.15, -0.1) is 0 Å². The summed E-state index contributed by atoms with van der Waals surface area (Å²) in [5.41, 5.74) is 1.72. The number of Topliss-reactive ketones (excluding diaryl/α,β-unsaturated/α-hetero) is 1. The zero-order chi connectivity index (χ0) is 12.3. The number of carbonyl (C=O) groups is 1. The molecule has 0 fully saturated rings. The molecular weight excluding hydrogens is 224 g/mol. The Kier molecular flexibility index (Phi) is 4.54. The highest BCUT2D eigenvalue weighted by molar-refractivity contribution is 6.30. The predicted octanol–water partition coefficient (Wildman–Crippen LogP) is 2.93. The van der Waals surface area contributed by atoms with Crippen LogP contribution in [-0.2, 0) is 18.3 Å². The first-order valence-electron chi connectivity index (χ1n) is 5.68. The van der Waals surface area contributed by atoms with Crippen LogP contribution in [-0.4, -0.2) is 15.6 Å². The molecule has 1 aromatic heterocycles. The molecule has 0 aliphatic heterocycles. The first-order valence-corrected chi connectivity index (χ1v) is 6.05. The van der Waals surface area contributed by atoms with Crippen molar-refractivity contribution in [2.24, 2.45) is 13.0 Å². The molecule has 0 saturated heterocycles. The smallest absolute Gasteiger partial charge is 0.140 e. The normalized spacial score (nSPS) is 12.8. The second-order valence-corrected chi connectivity index (χ2v) is 4.67. The third-order valence-corrected chi connectivity index (χ3v) is 3.36. The Hall–Kier alpha value is -0.830. The Balaban J connectivity index is 2.77. The first-order chi connectivity index (χ1) is 7.47. The lowest BCUT2D eigenvalue weighted by Crippen LogP contribution is -2.14. The minimum Gasteiger partial charge on any atom is -0.299 e. The quantitative estimate of drug-likeness (QED) is 0.796. The van der Waals surface area contributed by atoms with E-state index in [4.69, 9.17) is 11.6 Å². The van der Waals surface area contributed by atoms with Crippen LogP contribution in [0.2, 0.25) is 5.15 Å². The van der Waals surface area contributed by atoms with Gasteiger partial charge in [-0.2, -0.15) is 5.10 Å². The lowest BCUT2D eigenvalue weighted by molar-refractivity contribution is -0.121. The van der Waals surface area contributed by atoms with Crippen LogP contribution in [0.25, 0.3) is 0 Å². The standard InChI is InChI=1S/C12H19ClN2O/c1-5-6-8(2)11(16)7-10-9(3)14-15(4)12(10)13/h8H,5-7H2,1-4H3. The molecule has 0 radical (unpaired) electrons. The molecule has 16 heavy (non-hydrogen) atoms. The van der Waals surface area contributed by atoms with Crippen molar-refractivity contribution in [1.29, 1.82) is 0 Å². The van der Waals surface area contributed by atoms with Gasteiger partial charge in [-0.3, -0.25) is 9.48 Å². The number of nitrogens with zero attached hydrogens (tertiary/aromatic N) is 2. The SMILES string of the molecule is CCCC(C)C(=O)Cc1c(C)nn(C)c1Cl. The van der Waals surface area contributed by atoms with Crippen LogP contribution in [0.15, 0.2) is 0 Å². The summed E-state index contributed by atoms with van der Waals surface area (Å²) in [6.45, 7) is 5.95. The fourth-order valence-electron chi connectivity index (χ4n) is 1.82. The minimum atomic E-state index is 0.112. The topological polar surface area (TPSA) is 34.9 Å². The Morgan fingerprint density at radius 3 is 2.62 bits per heavy atom. The maximum absolute atomic E-state index is 11.9. The molecule has 0 bridgehead atoms. The van der Waals surface area contributed by atoms with E-state index < -0.39 is 0 Å². The largest absolute Gasteiger partial charge is 0.299 e. The second kappa shape index (κ2) is 5.48. The fraction of sp³-hybridized carbons (Fsp3) is 0.667. The highest BCUT2D eigenvalue weighted by Crippen LogP contribution is 2.21. The van der Waals surface area contributed by atoms with Gasteiger partial charge in [0.25, 0.3) is 0 Å². The summed E-state index contributed by atoms with van der Waals surface area (Å²) in [7, 11) is 1.79. The van der Waals surface area contributed by atoms with E-state index in [0.717, 1.165) is 24.1 Å². The molecule has 1 heterocycles. The Labute approximate surface area is 102 Å². The number of aromatic nitrogens is 2. The minimum absolute atomic E-state index is 0.112. The van der Waals surface area contributed by atoms with Crippen LogP contribution in [0.5, 0.6) is 0 Å². The van der Waals surface area contributed by atoms with E-state index in [1.807, 2.05) is 13.8 Å². The van der Waals surface area contributed by atoms with Gasteiger partial charge in [0, 0.05) is 24.9 Å². The average Bonchev–Trinajstić information content (AvgIpc) is 2.45. The molecule has 1 aromatic rings. The zero-order valence-corrected chi connectivity index (χ0v) is 11.1. The van der Waals surface area contributed by atoms with Crippen molar-refractivity contribution in [1.82, 2.24) is 9.78 Å². The van der Waals surface area contributed by atoms with Crippen LogP contribution < -0.4 is 0 Å². The van der Waals surface area contributed by atoms with Gasteiger partial charge in [-0.05, 0) is 13.3 Å². The lowest BCUT2D eigenvalue weighted by Gasteiger charge is -2.08. The van der Waals surface area contributed by atoms with Gasteiger partial charge >= 0.3 is 0 Å². The summed E-state index contributed by atoms with van der Waals surface area (Å²) >= 11 is 6.09. The molecule has 90 valence electrons. The maximum Gasteiger partial charge on any atom is 0.140 e. The number of hydrogen-bond acceptors (Lipinski definition) is 2. The number of hydrogen-bond donors (Lipinski definition) is 0. The molecular formula is C12H19ClN2O. The molecule has 0 amide bonds. The zero-order valence-electron chi connectivity index (χ0n) is 10.4. The maximum atomic E-state index is 11.9. The van der Waals surface area contributed by atoms with Gasteiger partial charge in [0.05, 0.1) is 5.69 Å². The molecule has 0 spiro atoms. The van der Waals surface area contributed by atoms with Crippen LogP contribution in [0.3, 0.4) is 0 Å². The van der Waals surface area contributed by atoms with Gasteiger partial charge in [0.15, 0.2) is 0 Å². The predicted molar refractivity (Wildman–Crippen MR) is 65.7 cm³/mol. The summed E-state index contributed by atoms with van der Waals surface area (Å²) in [6.07, 6.45) is 2.38. The monoisotopic (exact) mass is 242 g/mol. The highest BCUT2D eigenvalue weighted by atomic mass is 35.5. The van der Waals surface area contributed by atoms with Gasteiger partial charge < -0.3 is 0 Å². The van der Waals surface area contributed by atoms with E-state index in [9.17, 15) is 4.79 Å². The van der Waals surface area contributed by atoms with Crippen LogP contribution in [0.1, 0.15) is 37.9 Å². The number of ketones is 1. The van der Waals surface area contributed by atoms with Gasteiger partial charge in [0.2, 0.25) is 0 Å². The molecule has 0 N–H and O–H groups in total. The van der Waals surface area contributed by atoms with E-state index in [2.05, 4.69) is 12.0 Å². The van der Waals surface area contributed by atoms with Crippen LogP contribution in [0.4, 0.5) is 0 Å². The number of carbonyl (C=O) groups excluding carboxylic acids is 1. The lowest BCUT2D eigenvalue weighted by atomic mass is 9.96. The first kappa shape index (κ1) is 13.2. The summed E-state index contributed by atoms with van der Waals surface area (Å²) in [5, 5.41) is 4.78. The highest BCUT2D eigenvalue weighted by Gasteiger charge is 2.18. The van der Waals surface area contributed by atoms with Crippen molar-refractivity contribution in [3.8, 4) is 0 Å². The summed E-state index contributed by atoms with van der Waals surface area (Å²) < 4.78 is 1.62. The number of halogens is 1. The van der Waals surface area contributed by atoms with E-state index >= 15 is 0 Å². The van der Waals surface area contributed by atoms with Gasteiger partial charge in [-0.1, -0.05) is 31.9 Å². The van der Waals surface area contributed by atoms with Gasteiger partial charge in [-0.25, -0.2) is 0 Å². The molecule has 3 nitrogen and oxygen atoms in total. The molecule has 4 heteroatoms. The summed E-state index contributed by atoms with van der Waals surface area (Å²) in [4.78, 5) is 11.9. The number of aryl methyl sites for hydroxylation is 2. The third-order valence-electron chi connectivity index (χ3n) is 2.89. The van der Waals surface area contributed by atoms with Crippen molar-refractivity contribution in [2.75, 3.05) is 0 Å². The Morgan fingerprint density at radius 2 is 2.19 bits per heavy atom. The molecule has 1 rings (SSSR count). The van der Waals surface area contributed by atoms with E-state index in [-0.39, 0.29) is 11.7 Å². The van der Waals surface area contributed by atoms with E-state index in [0.29, 0.717) is 11.6 Å². The Morgan fingerprint density at radius 1 is 1.56 bits per heavy atom. The van der Waals surface area contributed by atoms with Crippen molar-refractivity contribution in [3.63, 3.8) is 0 Å². The molecule has 1 atom stereocenters. The fourth-order valence-corrected chi connectivity index (χ4v) is 2.06. The Bertz CT molecular complexity index is 385. The molecule has 0 aliphatic rings. The van der Waals surface area contributed by atoms with Crippen molar-refractivity contribution in [2.45, 2.75) is 40.0 Å². The number of rotatable bonds is 5. The van der Waals surface area contributed by atoms with E-state index in [1.165, 1.54) is 0 Å². The van der Waals surface area contributed by atoms with Crippen LogP contribution in [0, 0.1) is 12.8 Å². The molecule has 1 unspecified atom stereocenters. The van der Waals surface area contributed by atoms with Gasteiger partial charge in [0.1, 0.15) is 10.9 Å². The van der Waals surface area contributed by atoms with Crippen molar-refractivity contribution in [3.05, 3.63) is 16.4 Å². The summed E-state index contributed by atoms with van der Waals surface area (Å²) in [5.74, 6) is 0.362. The molecule has 0 saturated carbocycles. The van der Waals surface area contributed by atoms with Crippen molar-refractivity contribution < 1.29 is 4.79 Å². The molecule has 0 aromatic carbocycles. The van der Waals surface area contributed by atoms with E-state index in [1.54, 1.807) is 11.7 Å². The molecule has 0 aliphatic carbocycles.